The van der Waals surface area contributed by atoms with Crippen LogP contribution < -0.4 is 4.72 Å². The average molecular weight is 408 g/mol. The summed E-state index contributed by atoms with van der Waals surface area (Å²) < 4.78 is 51.4. The van der Waals surface area contributed by atoms with Crippen LogP contribution in [0.15, 0.2) is 52.3 Å². The van der Waals surface area contributed by atoms with Gasteiger partial charge in [-0.25, -0.2) is 21.6 Å². The minimum Gasteiger partial charge on any atom is -0.224 e. The van der Waals surface area contributed by atoms with Crippen molar-refractivity contribution < 1.29 is 16.8 Å². The molecular weight excluding hydrogens is 382 g/mol. The van der Waals surface area contributed by atoms with E-state index in [1.807, 2.05) is 13.0 Å². The van der Waals surface area contributed by atoms with Gasteiger partial charge in [-0.3, -0.25) is 0 Å². The molecule has 0 saturated heterocycles. The first kappa shape index (κ1) is 20.0. The maximum Gasteiger partial charge on any atom is 0.241 e. The van der Waals surface area contributed by atoms with Crippen molar-refractivity contribution in [1.82, 2.24) is 4.72 Å². The molecule has 27 heavy (non-hydrogen) atoms. The van der Waals surface area contributed by atoms with Crippen molar-refractivity contribution in [2.24, 2.45) is 0 Å². The maximum absolute atomic E-state index is 12.8. The van der Waals surface area contributed by atoms with Crippen molar-refractivity contribution >= 4 is 19.9 Å². The van der Waals surface area contributed by atoms with E-state index in [4.69, 9.17) is 0 Å². The molecule has 1 atom stereocenters. The molecular formula is C20H25NO4S2. The van der Waals surface area contributed by atoms with Crippen molar-refractivity contribution in [3.8, 4) is 0 Å². The monoisotopic (exact) mass is 407 g/mol. The molecule has 146 valence electrons. The Morgan fingerprint density at radius 1 is 0.889 bits per heavy atom. The summed E-state index contributed by atoms with van der Waals surface area (Å²) in [6.07, 6.45) is 6.23. The summed E-state index contributed by atoms with van der Waals surface area (Å²) in [5.74, 6) is 0. The van der Waals surface area contributed by atoms with Crippen LogP contribution in [-0.4, -0.2) is 23.1 Å². The minimum atomic E-state index is -3.75. The number of fused-ring (bicyclic) bond motifs is 1. The third-order valence-electron chi connectivity index (χ3n) is 5.04. The van der Waals surface area contributed by atoms with Crippen LogP contribution in [0.1, 0.15) is 48.9 Å². The van der Waals surface area contributed by atoms with Gasteiger partial charge in [-0.2, -0.15) is 0 Å². The Labute approximate surface area is 161 Å². The third kappa shape index (κ3) is 4.59. The van der Waals surface area contributed by atoms with E-state index in [1.54, 1.807) is 0 Å². The molecule has 2 aromatic carbocycles. The molecule has 0 unspecified atom stereocenters. The van der Waals surface area contributed by atoms with Crippen molar-refractivity contribution in [2.45, 2.75) is 54.9 Å². The van der Waals surface area contributed by atoms with E-state index in [1.165, 1.54) is 48.2 Å². The fourth-order valence-electron chi connectivity index (χ4n) is 3.48. The zero-order valence-corrected chi connectivity index (χ0v) is 17.2. The van der Waals surface area contributed by atoms with Crippen LogP contribution in [0.4, 0.5) is 0 Å². The lowest BCUT2D eigenvalue weighted by molar-refractivity contribution is 0.549. The molecule has 0 amide bonds. The highest BCUT2D eigenvalue weighted by Crippen LogP contribution is 2.27. The Morgan fingerprint density at radius 2 is 1.48 bits per heavy atom. The number of nitrogens with one attached hydrogen (secondary N) is 1. The minimum absolute atomic E-state index is 0.0614. The summed E-state index contributed by atoms with van der Waals surface area (Å²) in [6, 6.07) is 11.2. The topological polar surface area (TPSA) is 80.3 Å². The number of rotatable bonds is 6. The van der Waals surface area contributed by atoms with Crippen molar-refractivity contribution in [3.05, 3.63) is 59.2 Å². The van der Waals surface area contributed by atoms with Gasteiger partial charge in [-0.1, -0.05) is 25.1 Å². The number of benzene rings is 2. The van der Waals surface area contributed by atoms with Crippen LogP contribution in [-0.2, 0) is 32.7 Å². The van der Waals surface area contributed by atoms with E-state index >= 15 is 0 Å². The highest BCUT2D eigenvalue weighted by molar-refractivity contribution is 7.90. The number of aryl methyl sites for hydroxylation is 2. The van der Waals surface area contributed by atoms with Crippen LogP contribution in [0, 0.1) is 0 Å². The number of hydrogen-bond donors (Lipinski definition) is 1. The molecule has 5 nitrogen and oxygen atoms in total. The number of sulfonamides is 1. The van der Waals surface area contributed by atoms with Gasteiger partial charge in [0.05, 0.1) is 9.79 Å². The molecule has 3 rings (SSSR count). The molecule has 0 heterocycles. The Kier molecular flexibility index (Phi) is 5.74. The fourth-order valence-corrected chi connectivity index (χ4v) is 5.42. The van der Waals surface area contributed by atoms with Gasteiger partial charge >= 0.3 is 0 Å². The van der Waals surface area contributed by atoms with E-state index in [0.29, 0.717) is 6.42 Å². The maximum atomic E-state index is 12.8. The zero-order chi connectivity index (χ0) is 19.7. The molecule has 1 aliphatic rings. The lowest BCUT2D eigenvalue weighted by Crippen LogP contribution is -2.28. The van der Waals surface area contributed by atoms with Crippen LogP contribution >= 0.6 is 0 Å². The lowest BCUT2D eigenvalue weighted by atomic mass is 9.89. The largest absolute Gasteiger partial charge is 0.241 e. The molecule has 2 aromatic rings. The van der Waals surface area contributed by atoms with Crippen LogP contribution in [0.3, 0.4) is 0 Å². The summed E-state index contributed by atoms with van der Waals surface area (Å²) in [5.41, 5.74) is 3.64. The Balaban J connectivity index is 1.85. The van der Waals surface area contributed by atoms with Crippen molar-refractivity contribution in [2.75, 3.05) is 6.26 Å². The molecule has 0 aromatic heterocycles. The third-order valence-corrected chi connectivity index (χ3v) is 7.66. The summed E-state index contributed by atoms with van der Waals surface area (Å²) in [4.78, 5) is 0.162. The van der Waals surface area contributed by atoms with E-state index in [9.17, 15) is 16.8 Å². The number of hydrogen-bond acceptors (Lipinski definition) is 4. The van der Waals surface area contributed by atoms with Gasteiger partial charge < -0.3 is 0 Å². The molecule has 0 fully saturated rings. The summed E-state index contributed by atoms with van der Waals surface area (Å²) >= 11 is 0. The highest BCUT2D eigenvalue weighted by atomic mass is 32.2. The lowest BCUT2D eigenvalue weighted by Gasteiger charge is -2.21. The fraction of sp³-hybridized carbons (Fsp3) is 0.400. The molecule has 0 spiro atoms. The van der Waals surface area contributed by atoms with Crippen LogP contribution in [0.2, 0.25) is 0 Å². The van der Waals surface area contributed by atoms with Gasteiger partial charge in [0.15, 0.2) is 9.84 Å². The second-order valence-corrected chi connectivity index (χ2v) is 10.8. The van der Waals surface area contributed by atoms with Gasteiger partial charge in [0.25, 0.3) is 0 Å². The normalized spacial score (nSPS) is 15.9. The molecule has 1 N–H and O–H groups in total. The van der Waals surface area contributed by atoms with Crippen LogP contribution in [0.25, 0.3) is 0 Å². The number of sulfone groups is 1. The second kappa shape index (κ2) is 7.73. The molecule has 0 aliphatic heterocycles. The first-order valence-corrected chi connectivity index (χ1v) is 12.5. The van der Waals surface area contributed by atoms with Gasteiger partial charge in [-0.05, 0) is 73.1 Å². The first-order chi connectivity index (χ1) is 12.7. The predicted octanol–water partition coefficient (Wildman–Crippen LogP) is 3.40. The molecule has 1 aliphatic carbocycles. The van der Waals surface area contributed by atoms with Gasteiger partial charge in [0.1, 0.15) is 0 Å². The second-order valence-electron chi connectivity index (χ2n) is 7.06. The highest BCUT2D eigenvalue weighted by Gasteiger charge is 2.22. The predicted molar refractivity (Wildman–Crippen MR) is 106 cm³/mol. The molecule has 0 bridgehead atoms. The quantitative estimate of drug-likeness (QED) is 0.796. The van der Waals surface area contributed by atoms with Crippen molar-refractivity contribution in [1.29, 1.82) is 0 Å². The Bertz CT molecular complexity index is 1030. The molecule has 7 heteroatoms. The van der Waals surface area contributed by atoms with Crippen LogP contribution in [0.5, 0.6) is 0 Å². The summed E-state index contributed by atoms with van der Waals surface area (Å²) in [7, 11) is -7.11. The van der Waals surface area contributed by atoms with Gasteiger partial charge in [0, 0.05) is 12.3 Å². The van der Waals surface area contributed by atoms with E-state index < -0.39 is 19.9 Å². The Morgan fingerprint density at radius 3 is 2.07 bits per heavy atom. The molecule has 0 radical (unpaired) electrons. The van der Waals surface area contributed by atoms with E-state index in [0.717, 1.165) is 24.7 Å². The smallest absolute Gasteiger partial charge is 0.224 e. The van der Waals surface area contributed by atoms with E-state index in [-0.39, 0.29) is 15.8 Å². The summed E-state index contributed by atoms with van der Waals surface area (Å²) in [5, 5.41) is 0. The molecule has 0 saturated carbocycles. The van der Waals surface area contributed by atoms with E-state index in [2.05, 4.69) is 16.9 Å². The average Bonchev–Trinajstić information content (AvgIpc) is 2.65. The SMILES string of the molecule is CC[C@@H](NS(=O)(=O)c1ccc(S(C)(=O)=O)cc1)c1ccc2c(c1)CCCC2. The zero-order valence-electron chi connectivity index (χ0n) is 15.6. The van der Waals surface area contributed by atoms with Gasteiger partial charge in [-0.15, -0.1) is 0 Å². The standard InChI is InChI=1S/C20H25NO4S2/c1-3-20(17-9-8-15-6-4-5-7-16(15)14-17)21-27(24,25)19-12-10-18(11-13-19)26(2,22)23/h8-14,20-21H,3-7H2,1-2H3/t20-/m1/s1. The van der Waals surface area contributed by atoms with Gasteiger partial charge in [0.2, 0.25) is 10.0 Å². The van der Waals surface area contributed by atoms with Crippen molar-refractivity contribution in [3.63, 3.8) is 0 Å². The Hall–Kier alpha value is -1.70. The first-order valence-electron chi connectivity index (χ1n) is 9.15. The summed E-state index contributed by atoms with van der Waals surface area (Å²) in [6.45, 7) is 1.94.